The first-order chi connectivity index (χ1) is 5.66. The van der Waals surface area contributed by atoms with E-state index < -0.39 is 0 Å². The summed E-state index contributed by atoms with van der Waals surface area (Å²) in [6.07, 6.45) is 0. The monoisotopic (exact) mass is 165 g/mol. The van der Waals surface area contributed by atoms with Crippen molar-refractivity contribution in [2.45, 2.75) is 27.4 Å². The van der Waals surface area contributed by atoms with E-state index in [1.54, 1.807) is 0 Å². The van der Waals surface area contributed by atoms with Gasteiger partial charge in [-0.25, -0.2) is 5.90 Å². The summed E-state index contributed by atoms with van der Waals surface area (Å²) in [6.45, 7) is 6.81. The zero-order chi connectivity index (χ0) is 9.14. The van der Waals surface area contributed by atoms with Gasteiger partial charge in [0.15, 0.2) is 0 Å². The Balaban J connectivity index is 3.08. The smallest absolute Gasteiger partial charge is 0.0932 e. The van der Waals surface area contributed by atoms with Crippen LogP contribution in [0.5, 0.6) is 0 Å². The van der Waals surface area contributed by atoms with E-state index in [2.05, 4.69) is 37.7 Å². The lowest BCUT2D eigenvalue weighted by Gasteiger charge is -2.09. The van der Waals surface area contributed by atoms with Gasteiger partial charge in [0.2, 0.25) is 0 Å². The van der Waals surface area contributed by atoms with E-state index in [0.717, 1.165) is 0 Å². The molecule has 0 spiro atoms. The first-order valence-electron chi connectivity index (χ1n) is 4.04. The normalized spacial score (nSPS) is 10.3. The molecule has 2 heteroatoms. The molecule has 0 saturated heterocycles. The topological polar surface area (TPSA) is 35.2 Å². The molecule has 12 heavy (non-hydrogen) atoms. The van der Waals surface area contributed by atoms with Gasteiger partial charge in [-0.05, 0) is 43.0 Å². The lowest BCUT2D eigenvalue weighted by Crippen LogP contribution is -2.02. The van der Waals surface area contributed by atoms with Crippen molar-refractivity contribution >= 4 is 0 Å². The molecule has 66 valence electrons. The molecule has 1 aromatic carbocycles. The van der Waals surface area contributed by atoms with Gasteiger partial charge in [-0.3, -0.25) is 4.84 Å². The summed E-state index contributed by atoms with van der Waals surface area (Å²) in [4.78, 5) is 4.60. The van der Waals surface area contributed by atoms with E-state index in [1.165, 1.54) is 22.3 Å². The molecule has 0 aromatic heterocycles. The van der Waals surface area contributed by atoms with Crippen LogP contribution in [0.25, 0.3) is 0 Å². The first kappa shape index (κ1) is 9.23. The number of hydrogen-bond acceptors (Lipinski definition) is 2. The van der Waals surface area contributed by atoms with Crippen LogP contribution in [0.2, 0.25) is 0 Å². The quantitative estimate of drug-likeness (QED) is 0.680. The van der Waals surface area contributed by atoms with E-state index >= 15 is 0 Å². The van der Waals surface area contributed by atoms with Crippen molar-refractivity contribution in [1.82, 2.24) is 0 Å². The van der Waals surface area contributed by atoms with Crippen LogP contribution in [0, 0.1) is 20.8 Å². The van der Waals surface area contributed by atoms with Crippen molar-refractivity contribution in [3.05, 3.63) is 34.4 Å². The Bertz CT molecular complexity index is 281. The summed E-state index contributed by atoms with van der Waals surface area (Å²) in [6, 6.07) is 4.15. The van der Waals surface area contributed by atoms with Crippen LogP contribution >= 0.6 is 0 Å². The molecule has 0 aliphatic carbocycles. The largest absolute Gasteiger partial charge is 0.300 e. The lowest BCUT2D eigenvalue weighted by atomic mass is 9.99. The molecule has 0 radical (unpaired) electrons. The zero-order valence-corrected chi connectivity index (χ0v) is 7.85. The summed E-state index contributed by atoms with van der Waals surface area (Å²) in [5.74, 6) is 5.02. The average molecular weight is 165 g/mol. The predicted molar refractivity (Wildman–Crippen MR) is 49.6 cm³/mol. The first-order valence-corrected chi connectivity index (χ1v) is 4.04. The zero-order valence-electron chi connectivity index (χ0n) is 7.85. The van der Waals surface area contributed by atoms with Crippen molar-refractivity contribution in [2.75, 3.05) is 0 Å². The Morgan fingerprint density at radius 3 is 2.42 bits per heavy atom. The van der Waals surface area contributed by atoms with Crippen molar-refractivity contribution in [1.29, 1.82) is 0 Å². The summed E-state index contributed by atoms with van der Waals surface area (Å²) in [7, 11) is 0. The standard InChI is InChI=1S/C10H15NO/c1-7-4-5-10(6-12-11)9(3)8(7)2/h4-5H,6,11H2,1-3H3. The Kier molecular flexibility index (Phi) is 2.84. The molecular formula is C10H15NO. The van der Waals surface area contributed by atoms with Crippen LogP contribution in [0.15, 0.2) is 12.1 Å². The molecule has 0 aliphatic rings. The fourth-order valence-electron chi connectivity index (χ4n) is 1.26. The molecule has 0 amide bonds. The molecule has 2 nitrogen and oxygen atoms in total. The predicted octanol–water partition coefficient (Wildman–Crippen LogP) is 2.00. The molecule has 2 N–H and O–H groups in total. The average Bonchev–Trinajstić information content (AvgIpc) is 2.07. The van der Waals surface area contributed by atoms with Gasteiger partial charge in [0, 0.05) is 0 Å². The second kappa shape index (κ2) is 3.70. The summed E-state index contributed by atoms with van der Waals surface area (Å²) < 4.78 is 0. The van der Waals surface area contributed by atoms with Gasteiger partial charge in [0.25, 0.3) is 0 Å². The van der Waals surface area contributed by atoms with Crippen LogP contribution in [0.1, 0.15) is 22.3 Å². The second-order valence-corrected chi connectivity index (χ2v) is 3.10. The molecular weight excluding hydrogens is 150 g/mol. The van der Waals surface area contributed by atoms with Crippen LogP contribution < -0.4 is 5.90 Å². The Hall–Kier alpha value is -0.860. The molecule has 0 bridgehead atoms. The van der Waals surface area contributed by atoms with Gasteiger partial charge in [-0.1, -0.05) is 12.1 Å². The molecule has 0 fully saturated rings. The highest BCUT2D eigenvalue weighted by Gasteiger charge is 2.02. The van der Waals surface area contributed by atoms with E-state index in [-0.39, 0.29) is 0 Å². The summed E-state index contributed by atoms with van der Waals surface area (Å²) in [5, 5.41) is 0. The number of benzene rings is 1. The molecule has 0 atom stereocenters. The van der Waals surface area contributed by atoms with E-state index in [4.69, 9.17) is 5.90 Å². The van der Waals surface area contributed by atoms with Gasteiger partial charge in [0.05, 0.1) is 6.61 Å². The molecule has 1 aromatic rings. The summed E-state index contributed by atoms with van der Waals surface area (Å²) >= 11 is 0. The Labute approximate surface area is 73.3 Å². The third-order valence-electron chi connectivity index (χ3n) is 2.41. The number of hydrogen-bond donors (Lipinski definition) is 1. The number of aryl methyl sites for hydroxylation is 1. The third kappa shape index (κ3) is 1.65. The van der Waals surface area contributed by atoms with E-state index in [0.29, 0.717) is 6.61 Å². The molecule has 0 unspecified atom stereocenters. The highest BCUT2D eigenvalue weighted by molar-refractivity contribution is 5.38. The van der Waals surface area contributed by atoms with Crippen LogP contribution in [-0.4, -0.2) is 0 Å². The summed E-state index contributed by atoms with van der Waals surface area (Å²) in [5.41, 5.74) is 5.08. The van der Waals surface area contributed by atoms with Gasteiger partial charge < -0.3 is 0 Å². The van der Waals surface area contributed by atoms with Crippen LogP contribution in [0.3, 0.4) is 0 Å². The van der Waals surface area contributed by atoms with Crippen molar-refractivity contribution in [3.63, 3.8) is 0 Å². The van der Waals surface area contributed by atoms with Gasteiger partial charge in [0.1, 0.15) is 0 Å². The minimum atomic E-state index is 0.493. The maximum Gasteiger partial charge on any atom is 0.0932 e. The molecule has 1 rings (SSSR count). The molecule has 0 aliphatic heterocycles. The van der Waals surface area contributed by atoms with Gasteiger partial charge in [-0.15, -0.1) is 0 Å². The van der Waals surface area contributed by atoms with Crippen LogP contribution in [-0.2, 0) is 11.4 Å². The highest BCUT2D eigenvalue weighted by Crippen LogP contribution is 2.17. The molecule has 0 saturated carbocycles. The minimum Gasteiger partial charge on any atom is -0.300 e. The van der Waals surface area contributed by atoms with Gasteiger partial charge in [-0.2, -0.15) is 0 Å². The van der Waals surface area contributed by atoms with Gasteiger partial charge >= 0.3 is 0 Å². The lowest BCUT2D eigenvalue weighted by molar-refractivity contribution is 0.123. The van der Waals surface area contributed by atoms with Crippen molar-refractivity contribution < 1.29 is 4.84 Å². The van der Waals surface area contributed by atoms with Crippen molar-refractivity contribution in [3.8, 4) is 0 Å². The highest BCUT2D eigenvalue weighted by atomic mass is 16.6. The fourth-order valence-corrected chi connectivity index (χ4v) is 1.26. The minimum absolute atomic E-state index is 0.493. The second-order valence-electron chi connectivity index (χ2n) is 3.10. The Morgan fingerprint density at radius 2 is 1.83 bits per heavy atom. The Morgan fingerprint density at radius 1 is 1.17 bits per heavy atom. The third-order valence-corrected chi connectivity index (χ3v) is 2.41. The SMILES string of the molecule is Cc1ccc(CON)c(C)c1C. The molecule has 0 heterocycles. The maximum absolute atomic E-state index is 5.02. The number of nitrogens with two attached hydrogens (primary N) is 1. The van der Waals surface area contributed by atoms with Crippen LogP contribution in [0.4, 0.5) is 0 Å². The maximum atomic E-state index is 5.02. The van der Waals surface area contributed by atoms with E-state index in [9.17, 15) is 0 Å². The van der Waals surface area contributed by atoms with Crippen molar-refractivity contribution in [2.24, 2.45) is 5.90 Å². The fraction of sp³-hybridized carbons (Fsp3) is 0.400. The number of rotatable bonds is 2. The van der Waals surface area contributed by atoms with E-state index in [1.807, 2.05) is 0 Å².